The fourth-order valence-electron chi connectivity index (χ4n) is 2.42. The van der Waals surface area contributed by atoms with Crippen LogP contribution in [-0.4, -0.2) is 30.6 Å². The summed E-state index contributed by atoms with van der Waals surface area (Å²) in [5.74, 6) is 6.26. The Hall–Kier alpha value is -1.70. The predicted molar refractivity (Wildman–Crippen MR) is 86.4 cm³/mol. The van der Waals surface area contributed by atoms with Crippen LogP contribution in [0, 0.1) is 17.8 Å². The van der Waals surface area contributed by atoms with Gasteiger partial charge < -0.3 is 16.0 Å². The summed E-state index contributed by atoms with van der Waals surface area (Å²) in [6.07, 6.45) is 2.22. The number of carbonyl (C=O) groups is 1. The third kappa shape index (κ3) is 4.38. The zero-order valence-corrected chi connectivity index (χ0v) is 12.9. The van der Waals surface area contributed by atoms with Gasteiger partial charge in [-0.3, -0.25) is 0 Å². The van der Waals surface area contributed by atoms with Crippen LogP contribution in [0.2, 0.25) is 5.02 Å². The summed E-state index contributed by atoms with van der Waals surface area (Å²) in [5.41, 5.74) is 6.73. The minimum absolute atomic E-state index is 0.104. The molecule has 1 heterocycles. The van der Waals surface area contributed by atoms with Crippen LogP contribution in [0.15, 0.2) is 18.2 Å². The van der Waals surface area contributed by atoms with Crippen molar-refractivity contribution in [1.82, 2.24) is 4.90 Å². The molecule has 3 N–H and O–H groups in total. The number of amides is 2. The van der Waals surface area contributed by atoms with Gasteiger partial charge in [-0.1, -0.05) is 30.4 Å². The van der Waals surface area contributed by atoms with Gasteiger partial charge in [0.25, 0.3) is 0 Å². The molecule has 1 aliphatic rings. The van der Waals surface area contributed by atoms with Gasteiger partial charge in [-0.05, 0) is 37.0 Å². The van der Waals surface area contributed by atoms with E-state index in [4.69, 9.17) is 17.3 Å². The molecule has 1 aliphatic heterocycles. The number of hydrogen-bond donors (Lipinski definition) is 2. The molecule has 2 amide bonds. The Morgan fingerprint density at radius 3 is 3.10 bits per heavy atom. The Morgan fingerprint density at radius 2 is 2.38 bits per heavy atom. The molecule has 0 bridgehead atoms. The van der Waals surface area contributed by atoms with Crippen LogP contribution in [0.1, 0.15) is 25.3 Å². The number of rotatable bonds is 1. The highest BCUT2D eigenvalue weighted by Gasteiger charge is 2.21. The van der Waals surface area contributed by atoms with E-state index >= 15 is 0 Å². The van der Waals surface area contributed by atoms with Crippen molar-refractivity contribution in [3.8, 4) is 11.8 Å². The smallest absolute Gasteiger partial charge is 0.321 e. The fraction of sp³-hybridized carbons (Fsp3) is 0.438. The van der Waals surface area contributed by atoms with E-state index in [0.717, 1.165) is 25.1 Å². The van der Waals surface area contributed by atoms with E-state index in [1.165, 1.54) is 6.42 Å². The van der Waals surface area contributed by atoms with E-state index < -0.39 is 0 Å². The molecule has 0 radical (unpaired) electrons. The number of urea groups is 1. The number of nitrogens with one attached hydrogen (secondary N) is 1. The lowest BCUT2D eigenvalue weighted by Gasteiger charge is -2.31. The van der Waals surface area contributed by atoms with E-state index in [1.807, 2.05) is 11.0 Å². The predicted octanol–water partition coefficient (Wildman–Crippen LogP) is 2.91. The topological polar surface area (TPSA) is 58.4 Å². The van der Waals surface area contributed by atoms with E-state index in [-0.39, 0.29) is 6.03 Å². The summed E-state index contributed by atoms with van der Waals surface area (Å²) < 4.78 is 0. The second-order valence-corrected chi connectivity index (χ2v) is 5.73. The maximum atomic E-state index is 12.3. The van der Waals surface area contributed by atoms with E-state index in [0.29, 0.717) is 23.2 Å². The van der Waals surface area contributed by atoms with Gasteiger partial charge in [-0.2, -0.15) is 0 Å². The van der Waals surface area contributed by atoms with E-state index in [9.17, 15) is 4.79 Å². The number of nitrogens with two attached hydrogens (primary N) is 1. The molecule has 0 aliphatic carbocycles. The number of anilines is 1. The lowest BCUT2D eigenvalue weighted by Crippen LogP contribution is -2.41. The fourth-order valence-corrected chi connectivity index (χ4v) is 2.58. The second kappa shape index (κ2) is 7.35. The first-order valence-corrected chi connectivity index (χ1v) is 7.52. The quantitative estimate of drug-likeness (QED) is 0.784. The Morgan fingerprint density at radius 1 is 1.57 bits per heavy atom. The van der Waals surface area contributed by atoms with Crippen LogP contribution in [0.3, 0.4) is 0 Å². The lowest BCUT2D eigenvalue weighted by atomic mass is 10.0. The number of benzene rings is 1. The van der Waals surface area contributed by atoms with Crippen molar-refractivity contribution in [3.63, 3.8) is 0 Å². The highest BCUT2D eigenvalue weighted by Crippen LogP contribution is 2.24. The molecule has 4 nitrogen and oxygen atoms in total. The molecule has 112 valence electrons. The first kappa shape index (κ1) is 15.7. The van der Waals surface area contributed by atoms with Crippen molar-refractivity contribution in [2.24, 2.45) is 11.7 Å². The highest BCUT2D eigenvalue weighted by molar-refractivity contribution is 6.33. The van der Waals surface area contributed by atoms with Gasteiger partial charge in [0.05, 0.1) is 17.3 Å². The molecule has 21 heavy (non-hydrogen) atoms. The molecule has 0 spiro atoms. The van der Waals surface area contributed by atoms with Gasteiger partial charge in [0.1, 0.15) is 0 Å². The number of piperidine rings is 1. The van der Waals surface area contributed by atoms with Crippen molar-refractivity contribution in [3.05, 3.63) is 28.8 Å². The van der Waals surface area contributed by atoms with Gasteiger partial charge in [0, 0.05) is 18.7 Å². The zero-order chi connectivity index (χ0) is 15.2. The Balaban J connectivity index is 2.09. The van der Waals surface area contributed by atoms with Crippen LogP contribution >= 0.6 is 11.6 Å². The van der Waals surface area contributed by atoms with Gasteiger partial charge in [-0.15, -0.1) is 0 Å². The van der Waals surface area contributed by atoms with Crippen LogP contribution < -0.4 is 11.1 Å². The molecule has 1 atom stereocenters. The van der Waals surface area contributed by atoms with Crippen molar-refractivity contribution in [2.45, 2.75) is 19.8 Å². The first-order chi connectivity index (χ1) is 10.1. The molecule has 1 unspecified atom stereocenters. The molecule has 5 heteroatoms. The number of nitrogens with zero attached hydrogens (tertiary/aromatic N) is 1. The summed E-state index contributed by atoms with van der Waals surface area (Å²) in [6, 6.07) is 5.21. The summed E-state index contributed by atoms with van der Waals surface area (Å²) in [5, 5.41) is 3.38. The summed E-state index contributed by atoms with van der Waals surface area (Å²) in [7, 11) is 0. The van der Waals surface area contributed by atoms with Gasteiger partial charge in [0.2, 0.25) is 0 Å². The second-order valence-electron chi connectivity index (χ2n) is 5.32. The van der Waals surface area contributed by atoms with Gasteiger partial charge >= 0.3 is 6.03 Å². The molecule has 1 fully saturated rings. The first-order valence-electron chi connectivity index (χ1n) is 7.14. The average Bonchev–Trinajstić information content (AvgIpc) is 2.48. The Labute approximate surface area is 130 Å². The summed E-state index contributed by atoms with van der Waals surface area (Å²) >= 11 is 6.14. The number of carbonyl (C=O) groups excluding carboxylic acids is 1. The lowest BCUT2D eigenvalue weighted by molar-refractivity contribution is 0.182. The van der Waals surface area contributed by atoms with Crippen LogP contribution in [-0.2, 0) is 0 Å². The zero-order valence-electron chi connectivity index (χ0n) is 12.2. The molecule has 0 aromatic heterocycles. The Kier molecular flexibility index (Phi) is 5.49. The minimum atomic E-state index is -0.104. The molecular weight excluding hydrogens is 286 g/mol. The normalized spacial score (nSPS) is 17.9. The maximum absolute atomic E-state index is 12.3. The summed E-state index contributed by atoms with van der Waals surface area (Å²) in [4.78, 5) is 14.1. The number of hydrogen-bond acceptors (Lipinski definition) is 2. The van der Waals surface area contributed by atoms with Crippen molar-refractivity contribution in [1.29, 1.82) is 0 Å². The molecular formula is C16H20ClN3O. The molecule has 2 rings (SSSR count). The van der Waals surface area contributed by atoms with E-state index in [1.54, 1.807) is 12.1 Å². The minimum Gasteiger partial charge on any atom is -0.324 e. The molecule has 0 saturated carbocycles. The van der Waals surface area contributed by atoms with Crippen molar-refractivity contribution >= 4 is 23.3 Å². The van der Waals surface area contributed by atoms with Gasteiger partial charge in [0.15, 0.2) is 0 Å². The van der Waals surface area contributed by atoms with Crippen molar-refractivity contribution in [2.75, 3.05) is 25.0 Å². The molecule has 1 aromatic rings. The monoisotopic (exact) mass is 305 g/mol. The molecule has 1 saturated heterocycles. The number of likely N-dealkylation sites (tertiary alicyclic amines) is 1. The maximum Gasteiger partial charge on any atom is 0.321 e. The highest BCUT2D eigenvalue weighted by atomic mass is 35.5. The SMILES string of the molecule is CC1CCCN(C(=O)Nc2cc(C#CCN)ccc2Cl)C1. The third-order valence-corrected chi connectivity index (χ3v) is 3.82. The van der Waals surface area contributed by atoms with Crippen LogP contribution in [0.25, 0.3) is 0 Å². The standard InChI is InChI=1S/C16H20ClN3O/c1-12-4-3-9-20(11-12)16(21)19-15-10-13(5-2-8-18)6-7-14(15)17/h6-7,10,12H,3-4,8-9,11,18H2,1H3,(H,19,21). The largest absolute Gasteiger partial charge is 0.324 e. The van der Waals surface area contributed by atoms with Crippen LogP contribution in [0.4, 0.5) is 10.5 Å². The van der Waals surface area contributed by atoms with Crippen molar-refractivity contribution < 1.29 is 4.79 Å². The molecule has 1 aromatic carbocycles. The average molecular weight is 306 g/mol. The third-order valence-electron chi connectivity index (χ3n) is 3.49. The summed E-state index contributed by atoms with van der Waals surface area (Å²) in [6.45, 7) is 4.04. The van der Waals surface area contributed by atoms with E-state index in [2.05, 4.69) is 24.1 Å². The van der Waals surface area contributed by atoms with Gasteiger partial charge in [-0.25, -0.2) is 4.79 Å². The van der Waals surface area contributed by atoms with Crippen LogP contribution in [0.5, 0.6) is 0 Å². The Bertz CT molecular complexity index is 577. The number of halogens is 1.